The fraction of sp³-hybridized carbons (Fsp3) is 0.250. The van der Waals surface area contributed by atoms with E-state index in [9.17, 15) is 4.79 Å². The SMILES string of the molecule is Nc1ncnc2c1ncn2CCNC(=O)O. The summed E-state index contributed by atoms with van der Waals surface area (Å²) >= 11 is 0. The van der Waals surface area contributed by atoms with Gasteiger partial charge in [0.05, 0.1) is 6.33 Å². The third-order valence-electron chi connectivity index (χ3n) is 2.06. The molecule has 2 aromatic heterocycles. The summed E-state index contributed by atoms with van der Waals surface area (Å²) in [5.74, 6) is 0.315. The van der Waals surface area contributed by atoms with Gasteiger partial charge in [-0.25, -0.2) is 19.7 Å². The molecule has 8 nitrogen and oxygen atoms in total. The summed E-state index contributed by atoms with van der Waals surface area (Å²) in [6.07, 6.45) is 1.85. The first-order valence-electron chi connectivity index (χ1n) is 4.56. The second-order valence-electron chi connectivity index (χ2n) is 3.10. The number of nitrogens with two attached hydrogens (primary N) is 1. The molecule has 84 valence electrons. The molecule has 0 spiro atoms. The predicted octanol–water partition coefficient (Wildman–Crippen LogP) is -0.324. The zero-order valence-electron chi connectivity index (χ0n) is 8.29. The first-order valence-corrected chi connectivity index (χ1v) is 4.56. The molecule has 0 unspecified atom stereocenters. The Labute approximate surface area is 90.1 Å². The van der Waals surface area contributed by atoms with Gasteiger partial charge in [0.2, 0.25) is 0 Å². The van der Waals surface area contributed by atoms with E-state index in [-0.39, 0.29) is 6.54 Å². The topological polar surface area (TPSA) is 119 Å². The van der Waals surface area contributed by atoms with Crippen LogP contribution in [-0.2, 0) is 6.54 Å². The molecule has 8 heteroatoms. The zero-order chi connectivity index (χ0) is 11.5. The normalized spacial score (nSPS) is 10.5. The van der Waals surface area contributed by atoms with Gasteiger partial charge in [-0.1, -0.05) is 0 Å². The van der Waals surface area contributed by atoms with Crippen LogP contribution in [0.1, 0.15) is 0 Å². The van der Waals surface area contributed by atoms with Crippen LogP contribution < -0.4 is 11.1 Å². The fourth-order valence-electron chi connectivity index (χ4n) is 1.35. The minimum atomic E-state index is -1.06. The third-order valence-corrected chi connectivity index (χ3v) is 2.06. The summed E-state index contributed by atoms with van der Waals surface area (Å²) in [7, 11) is 0. The molecule has 0 saturated heterocycles. The zero-order valence-corrected chi connectivity index (χ0v) is 8.29. The van der Waals surface area contributed by atoms with Crippen molar-refractivity contribution in [3.8, 4) is 0 Å². The maximum Gasteiger partial charge on any atom is 0.404 e. The van der Waals surface area contributed by atoms with E-state index < -0.39 is 6.09 Å². The molecule has 0 aliphatic rings. The molecule has 2 aromatic rings. The number of hydrogen-bond acceptors (Lipinski definition) is 5. The van der Waals surface area contributed by atoms with Gasteiger partial charge >= 0.3 is 6.09 Å². The number of hydrogen-bond donors (Lipinski definition) is 3. The fourth-order valence-corrected chi connectivity index (χ4v) is 1.35. The summed E-state index contributed by atoms with van der Waals surface area (Å²) in [6, 6.07) is 0. The van der Waals surface area contributed by atoms with Crippen LogP contribution in [0, 0.1) is 0 Å². The number of carboxylic acid groups (broad SMARTS) is 1. The monoisotopic (exact) mass is 222 g/mol. The van der Waals surface area contributed by atoms with Crippen molar-refractivity contribution >= 4 is 23.1 Å². The molecule has 2 rings (SSSR count). The molecule has 1 amide bonds. The number of nitrogens with one attached hydrogen (secondary N) is 1. The third kappa shape index (κ3) is 1.85. The lowest BCUT2D eigenvalue weighted by Crippen LogP contribution is -2.25. The van der Waals surface area contributed by atoms with Crippen LogP contribution in [0.25, 0.3) is 11.2 Å². The van der Waals surface area contributed by atoms with Crippen molar-refractivity contribution < 1.29 is 9.90 Å². The Kier molecular flexibility index (Phi) is 2.54. The molecule has 0 saturated carbocycles. The van der Waals surface area contributed by atoms with Gasteiger partial charge in [0.1, 0.15) is 11.8 Å². The van der Waals surface area contributed by atoms with E-state index in [0.29, 0.717) is 23.5 Å². The Morgan fingerprint density at radius 3 is 3.06 bits per heavy atom. The minimum Gasteiger partial charge on any atom is -0.465 e. The first kappa shape index (κ1) is 10.1. The number of anilines is 1. The highest BCUT2D eigenvalue weighted by Crippen LogP contribution is 2.13. The summed E-state index contributed by atoms with van der Waals surface area (Å²) in [5, 5.41) is 10.7. The number of carbonyl (C=O) groups is 1. The molecule has 0 radical (unpaired) electrons. The van der Waals surface area contributed by atoms with Crippen LogP contribution in [-0.4, -0.2) is 37.3 Å². The Morgan fingerprint density at radius 1 is 1.50 bits per heavy atom. The van der Waals surface area contributed by atoms with Gasteiger partial charge in [-0.15, -0.1) is 0 Å². The smallest absolute Gasteiger partial charge is 0.404 e. The molecule has 0 aliphatic heterocycles. The van der Waals surface area contributed by atoms with Gasteiger partial charge in [-0.05, 0) is 0 Å². The van der Waals surface area contributed by atoms with Gasteiger partial charge in [0.25, 0.3) is 0 Å². The van der Waals surface area contributed by atoms with Crippen molar-refractivity contribution in [3.63, 3.8) is 0 Å². The average molecular weight is 222 g/mol. The standard InChI is InChI=1S/C8H10N6O2/c9-6-5-7(12-3-11-6)14(4-13-5)2-1-10-8(15)16/h3-4,10H,1-2H2,(H,15,16)(H2,9,11,12). The number of rotatable bonds is 3. The predicted molar refractivity (Wildman–Crippen MR) is 55.8 cm³/mol. The Morgan fingerprint density at radius 2 is 2.31 bits per heavy atom. The van der Waals surface area contributed by atoms with Gasteiger partial charge < -0.3 is 20.7 Å². The number of fused-ring (bicyclic) bond motifs is 1. The van der Waals surface area contributed by atoms with Crippen molar-refractivity contribution in [2.75, 3.05) is 12.3 Å². The van der Waals surface area contributed by atoms with Crippen molar-refractivity contribution in [1.29, 1.82) is 0 Å². The molecule has 0 bridgehead atoms. The van der Waals surface area contributed by atoms with Crippen LogP contribution in [0.4, 0.5) is 10.6 Å². The van der Waals surface area contributed by atoms with E-state index in [1.807, 2.05) is 0 Å². The Balaban J connectivity index is 2.19. The van der Waals surface area contributed by atoms with Crippen LogP contribution in [0.2, 0.25) is 0 Å². The maximum atomic E-state index is 10.3. The molecular formula is C8H10N6O2. The highest BCUT2D eigenvalue weighted by molar-refractivity contribution is 5.81. The number of amides is 1. The van der Waals surface area contributed by atoms with Crippen LogP contribution in [0.5, 0.6) is 0 Å². The summed E-state index contributed by atoms with van der Waals surface area (Å²) < 4.78 is 1.71. The number of nitrogens with zero attached hydrogens (tertiary/aromatic N) is 4. The molecular weight excluding hydrogens is 212 g/mol. The molecule has 16 heavy (non-hydrogen) atoms. The van der Waals surface area contributed by atoms with Crippen molar-refractivity contribution in [2.45, 2.75) is 6.54 Å². The lowest BCUT2D eigenvalue weighted by molar-refractivity contribution is 0.194. The molecule has 4 N–H and O–H groups in total. The van der Waals surface area contributed by atoms with E-state index in [1.165, 1.54) is 6.33 Å². The van der Waals surface area contributed by atoms with Crippen molar-refractivity contribution in [2.24, 2.45) is 0 Å². The average Bonchev–Trinajstić information content (AvgIpc) is 2.63. The van der Waals surface area contributed by atoms with E-state index >= 15 is 0 Å². The molecule has 0 atom stereocenters. The molecule has 0 aromatic carbocycles. The number of imidazole rings is 1. The highest BCUT2D eigenvalue weighted by Gasteiger charge is 2.07. The van der Waals surface area contributed by atoms with E-state index in [4.69, 9.17) is 10.8 Å². The number of nitrogen functional groups attached to an aromatic ring is 1. The van der Waals surface area contributed by atoms with Gasteiger partial charge in [-0.3, -0.25) is 0 Å². The molecule has 2 heterocycles. The van der Waals surface area contributed by atoms with E-state index in [2.05, 4.69) is 20.3 Å². The second kappa shape index (κ2) is 4.01. The lowest BCUT2D eigenvalue weighted by Gasteiger charge is -2.03. The Hall–Kier alpha value is -2.38. The molecule has 0 aliphatic carbocycles. The minimum absolute atomic E-state index is 0.282. The van der Waals surface area contributed by atoms with Crippen LogP contribution in [0.15, 0.2) is 12.7 Å². The number of aromatic nitrogens is 4. The van der Waals surface area contributed by atoms with Gasteiger partial charge in [0, 0.05) is 13.1 Å². The second-order valence-corrected chi connectivity index (χ2v) is 3.10. The lowest BCUT2D eigenvalue weighted by atomic mass is 10.5. The van der Waals surface area contributed by atoms with E-state index in [0.717, 1.165) is 0 Å². The quantitative estimate of drug-likeness (QED) is 0.654. The van der Waals surface area contributed by atoms with Crippen LogP contribution >= 0.6 is 0 Å². The van der Waals surface area contributed by atoms with Gasteiger partial charge in [0.15, 0.2) is 11.5 Å². The largest absolute Gasteiger partial charge is 0.465 e. The first-order chi connectivity index (χ1) is 7.68. The molecule has 0 fully saturated rings. The summed E-state index contributed by atoms with van der Waals surface area (Å²) in [6.45, 7) is 0.726. The summed E-state index contributed by atoms with van der Waals surface area (Å²) in [5.41, 5.74) is 6.73. The Bertz CT molecular complexity index is 522. The van der Waals surface area contributed by atoms with E-state index in [1.54, 1.807) is 10.9 Å². The highest BCUT2D eigenvalue weighted by atomic mass is 16.4. The van der Waals surface area contributed by atoms with Crippen molar-refractivity contribution in [3.05, 3.63) is 12.7 Å². The summed E-state index contributed by atoms with van der Waals surface area (Å²) in [4.78, 5) is 22.2. The van der Waals surface area contributed by atoms with Crippen LogP contribution in [0.3, 0.4) is 0 Å². The van der Waals surface area contributed by atoms with Gasteiger partial charge in [-0.2, -0.15) is 0 Å². The maximum absolute atomic E-state index is 10.3. The van der Waals surface area contributed by atoms with Crippen molar-refractivity contribution in [1.82, 2.24) is 24.8 Å².